The summed E-state index contributed by atoms with van der Waals surface area (Å²) in [5, 5.41) is 16.8. The molecular formula is C19H17N5O4. The lowest BCUT2D eigenvalue weighted by molar-refractivity contribution is -0.142. The summed E-state index contributed by atoms with van der Waals surface area (Å²) in [4.78, 5) is 27.2. The van der Waals surface area contributed by atoms with E-state index in [1.165, 1.54) is 4.90 Å². The molecule has 0 saturated carbocycles. The fourth-order valence-corrected chi connectivity index (χ4v) is 3.96. The molecule has 1 aromatic carbocycles. The lowest BCUT2D eigenvalue weighted by Crippen LogP contribution is -2.47. The van der Waals surface area contributed by atoms with Crippen molar-refractivity contribution in [1.29, 1.82) is 5.26 Å². The standard InChI is InChI=1S/C19H17N5O4/c1-3-27-14(25)9-24-13-7-5-4-6-11(13)19(18(24)26)12(8-20)16(21)28-17-15(19)10(2)22-23-17/h4-7H,3,9,21H2,1-2H3,(H,22,23). The molecule has 9 nitrogen and oxygen atoms in total. The largest absolute Gasteiger partial charge is 0.465 e. The molecule has 4 rings (SSSR count). The molecule has 28 heavy (non-hydrogen) atoms. The Balaban J connectivity index is 2.01. The van der Waals surface area contributed by atoms with Crippen LogP contribution in [-0.4, -0.2) is 35.2 Å². The Morgan fingerprint density at radius 3 is 2.93 bits per heavy atom. The van der Waals surface area contributed by atoms with E-state index in [-0.39, 0.29) is 30.5 Å². The Bertz CT molecular complexity index is 1080. The van der Waals surface area contributed by atoms with E-state index in [2.05, 4.69) is 10.2 Å². The van der Waals surface area contributed by atoms with Gasteiger partial charge in [0.2, 0.25) is 17.7 Å². The summed E-state index contributed by atoms with van der Waals surface area (Å²) in [7, 11) is 0. The molecule has 0 aliphatic carbocycles. The lowest BCUT2D eigenvalue weighted by Gasteiger charge is -2.32. The van der Waals surface area contributed by atoms with Gasteiger partial charge in [-0.15, -0.1) is 5.10 Å². The molecular weight excluding hydrogens is 362 g/mol. The van der Waals surface area contributed by atoms with Crippen molar-refractivity contribution < 1.29 is 19.1 Å². The number of anilines is 1. The summed E-state index contributed by atoms with van der Waals surface area (Å²) in [6, 6.07) is 9.02. The van der Waals surface area contributed by atoms with E-state index in [1.807, 2.05) is 6.07 Å². The number of aromatic nitrogens is 2. The van der Waals surface area contributed by atoms with E-state index < -0.39 is 17.3 Å². The van der Waals surface area contributed by atoms with Crippen LogP contribution in [0.4, 0.5) is 5.69 Å². The van der Waals surface area contributed by atoms with Gasteiger partial charge < -0.3 is 15.2 Å². The highest BCUT2D eigenvalue weighted by Crippen LogP contribution is 2.55. The van der Waals surface area contributed by atoms with Crippen molar-refractivity contribution in [1.82, 2.24) is 10.2 Å². The number of hydrogen-bond acceptors (Lipinski definition) is 7. The van der Waals surface area contributed by atoms with E-state index in [0.717, 1.165) is 0 Å². The number of esters is 1. The molecule has 2 aliphatic heterocycles. The summed E-state index contributed by atoms with van der Waals surface area (Å²) < 4.78 is 10.5. The number of nitriles is 1. The third-order valence-corrected chi connectivity index (χ3v) is 4.99. The van der Waals surface area contributed by atoms with E-state index in [1.54, 1.807) is 38.1 Å². The number of aryl methyl sites for hydroxylation is 1. The lowest BCUT2D eigenvalue weighted by atomic mass is 9.69. The second-order valence-corrected chi connectivity index (χ2v) is 6.45. The normalized spacial score (nSPS) is 19.9. The summed E-state index contributed by atoms with van der Waals surface area (Å²) in [5.74, 6) is -1.08. The molecule has 9 heteroatoms. The van der Waals surface area contributed by atoms with Crippen LogP contribution in [0.25, 0.3) is 0 Å². The molecule has 1 spiro atoms. The van der Waals surface area contributed by atoms with Crippen molar-refractivity contribution >= 4 is 17.6 Å². The first-order chi connectivity index (χ1) is 13.5. The van der Waals surface area contributed by atoms with Gasteiger partial charge in [-0.2, -0.15) is 5.26 Å². The van der Waals surface area contributed by atoms with Crippen LogP contribution in [0, 0.1) is 18.3 Å². The minimum Gasteiger partial charge on any atom is -0.465 e. The number of ether oxygens (including phenoxy) is 2. The van der Waals surface area contributed by atoms with Gasteiger partial charge in [0.05, 0.1) is 12.2 Å². The van der Waals surface area contributed by atoms with Gasteiger partial charge in [0.1, 0.15) is 23.6 Å². The van der Waals surface area contributed by atoms with Gasteiger partial charge in [0.25, 0.3) is 0 Å². The van der Waals surface area contributed by atoms with Crippen molar-refractivity contribution in [3.63, 3.8) is 0 Å². The number of rotatable bonds is 3. The van der Waals surface area contributed by atoms with Gasteiger partial charge in [-0.1, -0.05) is 18.2 Å². The first-order valence-electron chi connectivity index (χ1n) is 8.67. The second kappa shape index (κ2) is 6.13. The van der Waals surface area contributed by atoms with Crippen molar-refractivity contribution in [2.45, 2.75) is 19.3 Å². The monoisotopic (exact) mass is 379 g/mol. The molecule has 1 atom stereocenters. The van der Waals surface area contributed by atoms with Crippen molar-refractivity contribution in [2.24, 2.45) is 5.73 Å². The molecule has 0 bridgehead atoms. The Morgan fingerprint density at radius 1 is 1.46 bits per heavy atom. The number of fused-ring (bicyclic) bond motifs is 4. The van der Waals surface area contributed by atoms with E-state index >= 15 is 0 Å². The number of nitrogens with one attached hydrogen (secondary N) is 1. The fourth-order valence-electron chi connectivity index (χ4n) is 3.96. The van der Waals surface area contributed by atoms with Crippen LogP contribution in [0.1, 0.15) is 23.7 Å². The Kier molecular flexibility index (Phi) is 3.85. The molecule has 0 radical (unpaired) electrons. The van der Waals surface area contributed by atoms with Crippen LogP contribution in [-0.2, 0) is 19.7 Å². The zero-order valence-corrected chi connectivity index (χ0v) is 15.3. The van der Waals surface area contributed by atoms with E-state index in [0.29, 0.717) is 22.5 Å². The first kappa shape index (κ1) is 17.6. The van der Waals surface area contributed by atoms with Crippen molar-refractivity contribution in [3.8, 4) is 11.9 Å². The first-order valence-corrected chi connectivity index (χ1v) is 8.67. The molecule has 1 amide bonds. The predicted molar refractivity (Wildman–Crippen MR) is 97.0 cm³/mol. The van der Waals surface area contributed by atoms with Crippen molar-refractivity contribution in [2.75, 3.05) is 18.1 Å². The van der Waals surface area contributed by atoms with Gasteiger partial charge in [-0.25, -0.2) is 0 Å². The average molecular weight is 379 g/mol. The summed E-state index contributed by atoms with van der Waals surface area (Å²) in [6.45, 7) is 3.34. The Labute approximate surface area is 160 Å². The van der Waals surface area contributed by atoms with Gasteiger partial charge in [-0.3, -0.25) is 19.6 Å². The van der Waals surface area contributed by atoms with E-state index in [4.69, 9.17) is 15.2 Å². The zero-order chi connectivity index (χ0) is 20.1. The number of nitrogens with zero attached hydrogens (tertiary/aromatic N) is 3. The fraction of sp³-hybridized carbons (Fsp3) is 0.263. The van der Waals surface area contributed by atoms with Crippen LogP contribution in [0.5, 0.6) is 5.88 Å². The minimum atomic E-state index is -1.54. The van der Waals surface area contributed by atoms with Gasteiger partial charge in [0, 0.05) is 16.9 Å². The molecule has 0 fully saturated rings. The summed E-state index contributed by atoms with van der Waals surface area (Å²) in [6.07, 6.45) is 0. The summed E-state index contributed by atoms with van der Waals surface area (Å²) in [5.41, 5.74) is 6.46. The highest BCUT2D eigenvalue weighted by atomic mass is 16.5. The SMILES string of the molecule is CCOC(=O)CN1C(=O)C2(C(C#N)=C(N)Oc3n[nH]c(C)c32)c2ccccc21. The molecule has 1 unspecified atom stereocenters. The maximum Gasteiger partial charge on any atom is 0.326 e. The number of H-pyrrole nitrogens is 1. The smallest absolute Gasteiger partial charge is 0.326 e. The van der Waals surface area contributed by atoms with Crippen LogP contribution in [0.15, 0.2) is 35.7 Å². The highest BCUT2D eigenvalue weighted by Gasteiger charge is 2.60. The van der Waals surface area contributed by atoms with Crippen LogP contribution in [0.3, 0.4) is 0 Å². The topological polar surface area (TPSA) is 134 Å². The third kappa shape index (κ3) is 2.08. The number of carbonyl (C=O) groups excluding carboxylic acids is 2. The molecule has 3 N–H and O–H groups in total. The summed E-state index contributed by atoms with van der Waals surface area (Å²) >= 11 is 0. The molecule has 3 heterocycles. The van der Waals surface area contributed by atoms with Crippen LogP contribution in [0.2, 0.25) is 0 Å². The zero-order valence-electron chi connectivity index (χ0n) is 15.3. The Morgan fingerprint density at radius 2 is 2.21 bits per heavy atom. The van der Waals surface area contributed by atoms with Crippen molar-refractivity contribution in [3.05, 3.63) is 52.5 Å². The average Bonchev–Trinajstić information content (AvgIpc) is 3.15. The quantitative estimate of drug-likeness (QED) is 0.760. The Hall–Kier alpha value is -3.80. The van der Waals surface area contributed by atoms with Gasteiger partial charge in [0.15, 0.2) is 0 Å². The number of hydrogen-bond donors (Lipinski definition) is 2. The number of nitrogens with two attached hydrogens (primary N) is 1. The molecule has 2 aliphatic rings. The highest BCUT2D eigenvalue weighted by molar-refractivity contribution is 6.15. The van der Waals surface area contributed by atoms with Gasteiger partial charge in [-0.05, 0) is 19.9 Å². The number of para-hydroxylation sites is 1. The molecule has 0 saturated heterocycles. The van der Waals surface area contributed by atoms with E-state index in [9.17, 15) is 14.9 Å². The molecule has 2 aromatic rings. The van der Waals surface area contributed by atoms with Crippen LogP contribution >= 0.6 is 0 Å². The molecule has 142 valence electrons. The maximum atomic E-state index is 13.8. The minimum absolute atomic E-state index is 0.0340. The number of amides is 1. The van der Waals surface area contributed by atoms with Crippen LogP contribution < -0.4 is 15.4 Å². The molecule has 1 aromatic heterocycles. The number of benzene rings is 1. The predicted octanol–water partition coefficient (Wildman–Crippen LogP) is 1.00. The maximum absolute atomic E-state index is 13.8. The second-order valence-electron chi connectivity index (χ2n) is 6.45. The number of aromatic amines is 1. The number of carbonyl (C=O) groups is 2. The van der Waals surface area contributed by atoms with Gasteiger partial charge >= 0.3 is 5.97 Å². The third-order valence-electron chi connectivity index (χ3n) is 4.99.